The summed E-state index contributed by atoms with van der Waals surface area (Å²) in [6, 6.07) is 5.80. The topological polar surface area (TPSA) is 115 Å². The minimum atomic E-state index is -0.562. The lowest BCUT2D eigenvalue weighted by Crippen LogP contribution is -2.39. The molecule has 1 unspecified atom stereocenters. The lowest BCUT2D eigenvalue weighted by molar-refractivity contribution is -0.119. The maximum Gasteiger partial charge on any atom is 0.249 e. The maximum atomic E-state index is 12.2. The minimum absolute atomic E-state index is 0.0573. The number of nitrogens with one attached hydrogen (secondary N) is 2. The Morgan fingerprint density at radius 2 is 1.58 bits per heavy atom. The van der Waals surface area contributed by atoms with Gasteiger partial charge in [-0.05, 0) is 37.1 Å². The molecular weight excluding hydrogens is 308 g/mol. The average Bonchev–Trinajstić information content (AvgIpc) is 3.09. The number of benzene rings is 1. The number of nitrogens with two attached hydrogens (primary N) is 1. The zero-order valence-electron chi connectivity index (χ0n) is 13.9. The second-order valence-electron chi connectivity index (χ2n) is 5.88. The van der Waals surface area contributed by atoms with E-state index in [2.05, 4.69) is 20.7 Å². The molecule has 2 aromatic rings. The Morgan fingerprint density at radius 3 is 2.04 bits per heavy atom. The highest BCUT2D eigenvalue weighted by molar-refractivity contribution is 5.96. The van der Waals surface area contributed by atoms with Crippen molar-refractivity contribution in [3.8, 4) is 0 Å². The molecule has 0 saturated heterocycles. The molecule has 0 aliphatic heterocycles. The third-order valence-corrected chi connectivity index (χ3v) is 3.65. The lowest BCUT2D eigenvalue weighted by Gasteiger charge is -2.16. The maximum absolute atomic E-state index is 12.2. The van der Waals surface area contributed by atoms with Gasteiger partial charge in [0.25, 0.3) is 0 Å². The van der Waals surface area contributed by atoms with Gasteiger partial charge in [-0.25, -0.2) is 9.67 Å². The van der Waals surface area contributed by atoms with Crippen LogP contribution in [0.4, 0.5) is 11.4 Å². The van der Waals surface area contributed by atoms with Crippen molar-refractivity contribution in [3.63, 3.8) is 0 Å². The van der Waals surface area contributed by atoms with Crippen molar-refractivity contribution in [2.45, 2.75) is 32.9 Å². The van der Waals surface area contributed by atoms with Gasteiger partial charge in [0.2, 0.25) is 11.8 Å². The van der Waals surface area contributed by atoms with E-state index in [0.29, 0.717) is 11.4 Å². The molecule has 0 bridgehead atoms. The summed E-state index contributed by atoms with van der Waals surface area (Å²) in [6.07, 6.45) is 2.87. The van der Waals surface area contributed by atoms with Gasteiger partial charge in [-0.3, -0.25) is 9.59 Å². The second-order valence-corrected chi connectivity index (χ2v) is 5.88. The van der Waals surface area contributed by atoms with E-state index < -0.39 is 12.1 Å². The van der Waals surface area contributed by atoms with Crippen molar-refractivity contribution in [2.75, 3.05) is 10.6 Å². The quantitative estimate of drug-likeness (QED) is 0.740. The van der Waals surface area contributed by atoms with Crippen molar-refractivity contribution in [1.82, 2.24) is 14.8 Å². The van der Waals surface area contributed by atoms with Crippen molar-refractivity contribution in [3.05, 3.63) is 36.9 Å². The Hall–Kier alpha value is -2.74. The van der Waals surface area contributed by atoms with E-state index in [4.69, 9.17) is 5.73 Å². The number of hydrogen-bond donors (Lipinski definition) is 3. The molecule has 1 heterocycles. The molecule has 1 aromatic carbocycles. The van der Waals surface area contributed by atoms with Gasteiger partial charge < -0.3 is 16.4 Å². The molecule has 0 aliphatic rings. The van der Waals surface area contributed by atoms with E-state index in [1.54, 1.807) is 31.2 Å². The molecule has 4 N–H and O–H groups in total. The van der Waals surface area contributed by atoms with Gasteiger partial charge in [-0.15, -0.1) is 0 Å². The highest BCUT2D eigenvalue weighted by Gasteiger charge is 2.18. The number of amides is 2. The van der Waals surface area contributed by atoms with E-state index in [1.807, 2.05) is 13.8 Å². The number of carbonyl (C=O) groups is 2. The monoisotopic (exact) mass is 330 g/mol. The van der Waals surface area contributed by atoms with Crippen LogP contribution in [0.3, 0.4) is 0 Å². The number of aromatic nitrogens is 3. The summed E-state index contributed by atoms with van der Waals surface area (Å²) in [7, 11) is 0. The predicted molar refractivity (Wildman–Crippen MR) is 91.2 cm³/mol. The van der Waals surface area contributed by atoms with Crippen LogP contribution in [-0.2, 0) is 9.59 Å². The highest BCUT2D eigenvalue weighted by Crippen LogP contribution is 2.16. The Balaban J connectivity index is 1.94. The first kappa shape index (κ1) is 17.6. The molecule has 2 atom stereocenters. The fraction of sp³-hybridized carbons (Fsp3) is 0.375. The van der Waals surface area contributed by atoms with Crippen LogP contribution in [0, 0.1) is 5.92 Å². The third-order valence-electron chi connectivity index (χ3n) is 3.65. The van der Waals surface area contributed by atoms with Crippen molar-refractivity contribution >= 4 is 23.2 Å². The van der Waals surface area contributed by atoms with Crippen LogP contribution >= 0.6 is 0 Å². The molecule has 128 valence electrons. The van der Waals surface area contributed by atoms with Gasteiger partial charge in [-0.1, -0.05) is 13.8 Å². The smallest absolute Gasteiger partial charge is 0.249 e. The van der Waals surface area contributed by atoms with Crippen LogP contribution in [0.1, 0.15) is 26.8 Å². The van der Waals surface area contributed by atoms with Gasteiger partial charge >= 0.3 is 0 Å². The minimum Gasteiger partial charge on any atom is -0.325 e. The number of hydrogen-bond acceptors (Lipinski definition) is 5. The summed E-state index contributed by atoms with van der Waals surface area (Å²) in [4.78, 5) is 27.9. The van der Waals surface area contributed by atoms with Crippen molar-refractivity contribution in [2.24, 2.45) is 11.7 Å². The highest BCUT2D eigenvalue weighted by atomic mass is 16.2. The van der Waals surface area contributed by atoms with E-state index in [0.717, 1.165) is 0 Å². The second kappa shape index (κ2) is 7.69. The van der Waals surface area contributed by atoms with Crippen LogP contribution in [0.5, 0.6) is 0 Å². The Bertz CT molecular complexity index is 681. The summed E-state index contributed by atoms with van der Waals surface area (Å²) < 4.78 is 1.47. The number of rotatable bonds is 6. The van der Waals surface area contributed by atoms with Gasteiger partial charge in [0.1, 0.15) is 18.7 Å². The SMILES string of the molecule is CC(C)[C@H](N)C(=O)Nc1ccc(NC(=O)C(C)n2cncn2)cc1. The molecule has 0 fully saturated rings. The standard InChI is InChI=1S/C16H22N6O2/c1-10(2)14(17)16(24)21-13-6-4-12(5-7-13)20-15(23)11(3)22-9-18-8-19-22/h4-11,14H,17H2,1-3H3,(H,20,23)(H,21,24)/t11?,14-/m0/s1. The first-order valence-corrected chi connectivity index (χ1v) is 7.70. The normalized spacial score (nSPS) is 13.4. The van der Waals surface area contributed by atoms with Crippen LogP contribution in [0.15, 0.2) is 36.9 Å². The molecule has 8 heteroatoms. The van der Waals surface area contributed by atoms with Crippen LogP contribution in [-0.4, -0.2) is 32.6 Å². The molecule has 0 spiro atoms. The van der Waals surface area contributed by atoms with E-state index in [1.165, 1.54) is 17.3 Å². The summed E-state index contributed by atoms with van der Waals surface area (Å²) in [5, 5.41) is 9.48. The first-order chi connectivity index (χ1) is 11.4. The van der Waals surface area contributed by atoms with Gasteiger partial charge in [0.15, 0.2) is 0 Å². The Labute approximate surface area is 140 Å². The zero-order chi connectivity index (χ0) is 17.7. The molecule has 24 heavy (non-hydrogen) atoms. The Morgan fingerprint density at radius 1 is 1.04 bits per heavy atom. The third kappa shape index (κ3) is 4.39. The van der Waals surface area contributed by atoms with Crippen molar-refractivity contribution in [1.29, 1.82) is 0 Å². The average molecular weight is 330 g/mol. The first-order valence-electron chi connectivity index (χ1n) is 7.70. The molecule has 2 amide bonds. The molecule has 8 nitrogen and oxygen atoms in total. The Kier molecular flexibility index (Phi) is 5.64. The molecular formula is C16H22N6O2. The van der Waals surface area contributed by atoms with E-state index >= 15 is 0 Å². The number of nitrogens with zero attached hydrogens (tertiary/aromatic N) is 3. The van der Waals surface area contributed by atoms with Gasteiger partial charge in [0.05, 0.1) is 6.04 Å². The summed E-state index contributed by atoms with van der Waals surface area (Å²) >= 11 is 0. The molecule has 0 saturated carbocycles. The molecule has 1 aromatic heterocycles. The van der Waals surface area contributed by atoms with E-state index in [9.17, 15) is 9.59 Å². The number of anilines is 2. The fourth-order valence-electron chi connectivity index (χ4n) is 1.95. The van der Waals surface area contributed by atoms with Crippen LogP contribution in [0.2, 0.25) is 0 Å². The summed E-state index contributed by atoms with van der Waals surface area (Å²) in [6.45, 7) is 5.50. The molecule has 0 radical (unpaired) electrons. The fourth-order valence-corrected chi connectivity index (χ4v) is 1.95. The van der Waals surface area contributed by atoms with Gasteiger partial charge in [-0.2, -0.15) is 5.10 Å². The molecule has 2 rings (SSSR count). The van der Waals surface area contributed by atoms with Crippen LogP contribution < -0.4 is 16.4 Å². The molecule has 0 aliphatic carbocycles. The zero-order valence-corrected chi connectivity index (χ0v) is 13.9. The lowest BCUT2D eigenvalue weighted by atomic mass is 10.0. The number of carbonyl (C=O) groups excluding carboxylic acids is 2. The predicted octanol–water partition coefficient (Wildman–Crippen LogP) is 1.40. The van der Waals surface area contributed by atoms with Crippen LogP contribution in [0.25, 0.3) is 0 Å². The van der Waals surface area contributed by atoms with E-state index in [-0.39, 0.29) is 17.7 Å². The summed E-state index contributed by atoms with van der Waals surface area (Å²) in [5.41, 5.74) is 7.05. The van der Waals surface area contributed by atoms with Crippen molar-refractivity contribution < 1.29 is 9.59 Å². The largest absolute Gasteiger partial charge is 0.325 e. The van der Waals surface area contributed by atoms with Gasteiger partial charge in [0, 0.05) is 11.4 Å². The summed E-state index contributed by atoms with van der Waals surface area (Å²) in [5.74, 6) is -0.387.